The van der Waals surface area contributed by atoms with Crippen molar-refractivity contribution in [1.82, 2.24) is 0 Å². The van der Waals surface area contributed by atoms with Crippen molar-refractivity contribution in [2.75, 3.05) is 5.32 Å². The van der Waals surface area contributed by atoms with Crippen LogP contribution in [0.4, 0.5) is 5.69 Å². The normalized spacial score (nSPS) is 10.3. The molecule has 0 aromatic heterocycles. The van der Waals surface area contributed by atoms with E-state index >= 15 is 0 Å². The summed E-state index contributed by atoms with van der Waals surface area (Å²) in [6.45, 7) is 5.79. The fourth-order valence-corrected chi connectivity index (χ4v) is 1.39. The summed E-state index contributed by atoms with van der Waals surface area (Å²) < 4.78 is 0. The Morgan fingerprint density at radius 1 is 1.36 bits per heavy atom. The number of carbonyl (C=O) groups is 1. The van der Waals surface area contributed by atoms with Crippen molar-refractivity contribution in [3.05, 3.63) is 29.8 Å². The highest BCUT2D eigenvalue weighted by Gasteiger charge is 2.04. The smallest absolute Gasteiger partial charge is 0.134 e. The van der Waals surface area contributed by atoms with Gasteiger partial charge in [-0.05, 0) is 32.4 Å². The number of Topliss-reactive ketones (excluding diaryl/α,β-unsaturated/α-hetero) is 1. The third-order valence-electron chi connectivity index (χ3n) is 1.90. The van der Waals surface area contributed by atoms with Gasteiger partial charge in [-0.2, -0.15) is 0 Å². The Morgan fingerprint density at radius 3 is 2.57 bits per heavy atom. The topological polar surface area (TPSA) is 29.1 Å². The lowest BCUT2D eigenvalue weighted by atomic mass is 10.1. The lowest BCUT2D eigenvalue weighted by Crippen LogP contribution is -2.12. The third kappa shape index (κ3) is 3.21. The van der Waals surface area contributed by atoms with E-state index in [-0.39, 0.29) is 5.78 Å². The van der Waals surface area contributed by atoms with Gasteiger partial charge >= 0.3 is 0 Å². The van der Waals surface area contributed by atoms with Crippen molar-refractivity contribution >= 4 is 11.5 Å². The molecule has 0 spiro atoms. The monoisotopic (exact) mass is 191 g/mol. The van der Waals surface area contributed by atoms with Crippen molar-refractivity contribution in [3.8, 4) is 0 Å². The van der Waals surface area contributed by atoms with Gasteiger partial charge in [0.15, 0.2) is 0 Å². The molecule has 14 heavy (non-hydrogen) atoms. The molecule has 0 heterocycles. The molecule has 0 saturated heterocycles. The van der Waals surface area contributed by atoms with Gasteiger partial charge < -0.3 is 5.32 Å². The molecule has 1 aromatic rings. The fourth-order valence-electron chi connectivity index (χ4n) is 1.39. The van der Waals surface area contributed by atoms with Gasteiger partial charge in [0.25, 0.3) is 0 Å². The lowest BCUT2D eigenvalue weighted by molar-refractivity contribution is -0.116. The summed E-state index contributed by atoms with van der Waals surface area (Å²) in [6, 6.07) is 8.34. The van der Waals surface area contributed by atoms with E-state index in [1.54, 1.807) is 6.92 Å². The maximum absolute atomic E-state index is 11.0. The minimum absolute atomic E-state index is 0.197. The summed E-state index contributed by atoms with van der Waals surface area (Å²) in [5, 5.41) is 3.33. The van der Waals surface area contributed by atoms with Gasteiger partial charge in [0.05, 0.1) is 0 Å². The fraction of sp³-hybridized carbons (Fsp3) is 0.417. The molecule has 0 amide bonds. The van der Waals surface area contributed by atoms with E-state index in [0.29, 0.717) is 12.5 Å². The average Bonchev–Trinajstić information content (AvgIpc) is 2.06. The third-order valence-corrected chi connectivity index (χ3v) is 1.90. The molecule has 0 bridgehead atoms. The molecular formula is C12H17NO. The first kappa shape index (κ1) is 10.8. The molecule has 2 heteroatoms. The minimum Gasteiger partial charge on any atom is -0.383 e. The molecule has 1 aromatic carbocycles. The second-order valence-corrected chi connectivity index (χ2v) is 3.83. The van der Waals surface area contributed by atoms with E-state index in [9.17, 15) is 4.79 Å². The Morgan fingerprint density at radius 2 is 2.00 bits per heavy atom. The number of nitrogens with one attached hydrogen (secondary N) is 1. The number of hydrogen-bond donors (Lipinski definition) is 1. The van der Waals surface area contributed by atoms with Crippen molar-refractivity contribution in [2.24, 2.45) is 0 Å². The van der Waals surface area contributed by atoms with Crippen LogP contribution in [0.2, 0.25) is 0 Å². The van der Waals surface area contributed by atoms with Gasteiger partial charge in [-0.3, -0.25) is 4.79 Å². The molecule has 2 nitrogen and oxygen atoms in total. The van der Waals surface area contributed by atoms with Crippen LogP contribution in [0.3, 0.4) is 0 Å². The Hall–Kier alpha value is -1.31. The van der Waals surface area contributed by atoms with Crippen molar-refractivity contribution in [2.45, 2.75) is 33.2 Å². The maximum Gasteiger partial charge on any atom is 0.134 e. The van der Waals surface area contributed by atoms with E-state index in [2.05, 4.69) is 19.2 Å². The van der Waals surface area contributed by atoms with Crippen molar-refractivity contribution < 1.29 is 4.79 Å². The van der Waals surface area contributed by atoms with Crippen molar-refractivity contribution in [3.63, 3.8) is 0 Å². The van der Waals surface area contributed by atoms with Crippen LogP contribution in [-0.4, -0.2) is 11.8 Å². The quantitative estimate of drug-likeness (QED) is 0.792. The maximum atomic E-state index is 11.0. The number of benzene rings is 1. The van der Waals surface area contributed by atoms with E-state index < -0.39 is 0 Å². The molecule has 1 rings (SSSR count). The molecule has 0 unspecified atom stereocenters. The molecule has 0 aliphatic heterocycles. The minimum atomic E-state index is 0.197. The summed E-state index contributed by atoms with van der Waals surface area (Å²) in [5.74, 6) is 0.197. The molecule has 0 saturated carbocycles. The summed E-state index contributed by atoms with van der Waals surface area (Å²) in [5.41, 5.74) is 2.14. The van der Waals surface area contributed by atoms with Gasteiger partial charge in [0.1, 0.15) is 5.78 Å². The second-order valence-electron chi connectivity index (χ2n) is 3.83. The summed E-state index contributed by atoms with van der Waals surface area (Å²) in [6.07, 6.45) is 0.510. The van der Waals surface area contributed by atoms with Gasteiger partial charge in [-0.1, -0.05) is 18.2 Å². The number of ketones is 1. The Kier molecular flexibility index (Phi) is 3.69. The van der Waals surface area contributed by atoms with E-state index in [1.807, 2.05) is 24.3 Å². The molecule has 0 fully saturated rings. The van der Waals surface area contributed by atoms with E-state index in [4.69, 9.17) is 0 Å². The number of anilines is 1. The first-order chi connectivity index (χ1) is 6.59. The van der Waals surface area contributed by atoms with Gasteiger partial charge in [0, 0.05) is 18.2 Å². The Bertz CT molecular complexity index is 318. The highest BCUT2D eigenvalue weighted by Crippen LogP contribution is 2.16. The average molecular weight is 191 g/mol. The molecule has 76 valence electrons. The zero-order valence-electron chi connectivity index (χ0n) is 9.00. The number of rotatable bonds is 4. The molecule has 0 aliphatic rings. The zero-order valence-corrected chi connectivity index (χ0v) is 9.00. The predicted octanol–water partition coefficient (Wildman–Crippen LogP) is 2.64. The van der Waals surface area contributed by atoms with Crippen LogP contribution >= 0.6 is 0 Å². The standard InChI is InChI=1S/C12H17NO/c1-9(2)13-12-7-5-4-6-11(12)8-10(3)14/h4-7,9,13H,8H2,1-3H3. The molecular weight excluding hydrogens is 174 g/mol. The summed E-state index contributed by atoms with van der Waals surface area (Å²) in [7, 11) is 0. The zero-order chi connectivity index (χ0) is 10.6. The highest BCUT2D eigenvalue weighted by atomic mass is 16.1. The number of carbonyl (C=O) groups excluding carboxylic acids is 1. The first-order valence-corrected chi connectivity index (χ1v) is 4.93. The predicted molar refractivity (Wildman–Crippen MR) is 59.6 cm³/mol. The largest absolute Gasteiger partial charge is 0.383 e. The summed E-state index contributed by atoms with van der Waals surface area (Å²) >= 11 is 0. The van der Waals surface area contributed by atoms with Crippen LogP contribution in [-0.2, 0) is 11.2 Å². The SMILES string of the molecule is CC(=O)Cc1ccccc1NC(C)C. The van der Waals surface area contributed by atoms with Gasteiger partial charge in [-0.25, -0.2) is 0 Å². The summed E-state index contributed by atoms with van der Waals surface area (Å²) in [4.78, 5) is 11.0. The van der Waals surface area contributed by atoms with Gasteiger partial charge in [0.2, 0.25) is 0 Å². The lowest BCUT2D eigenvalue weighted by Gasteiger charge is -2.13. The molecule has 0 atom stereocenters. The van der Waals surface area contributed by atoms with E-state index in [0.717, 1.165) is 11.3 Å². The van der Waals surface area contributed by atoms with E-state index in [1.165, 1.54) is 0 Å². The highest BCUT2D eigenvalue weighted by molar-refractivity contribution is 5.80. The van der Waals surface area contributed by atoms with Crippen LogP contribution < -0.4 is 5.32 Å². The number of para-hydroxylation sites is 1. The van der Waals surface area contributed by atoms with Crippen LogP contribution in [0.5, 0.6) is 0 Å². The Labute approximate surface area is 85.3 Å². The molecule has 0 radical (unpaired) electrons. The van der Waals surface area contributed by atoms with Crippen molar-refractivity contribution in [1.29, 1.82) is 0 Å². The molecule has 0 aliphatic carbocycles. The van der Waals surface area contributed by atoms with Gasteiger partial charge in [-0.15, -0.1) is 0 Å². The van der Waals surface area contributed by atoms with Crippen LogP contribution in [0.1, 0.15) is 26.3 Å². The first-order valence-electron chi connectivity index (χ1n) is 4.93. The van der Waals surface area contributed by atoms with Crippen LogP contribution in [0, 0.1) is 0 Å². The van der Waals surface area contributed by atoms with Crippen LogP contribution in [0.15, 0.2) is 24.3 Å². The van der Waals surface area contributed by atoms with Crippen LogP contribution in [0.25, 0.3) is 0 Å². The Balaban J connectivity index is 2.85. The molecule has 1 N–H and O–H groups in total. The number of hydrogen-bond acceptors (Lipinski definition) is 2. The second kappa shape index (κ2) is 4.80.